The highest BCUT2D eigenvalue weighted by Gasteiger charge is 2.62. The average Bonchev–Trinajstić information content (AvgIpc) is 3.22. The molecule has 42 heavy (non-hydrogen) atoms. The lowest BCUT2D eigenvalue weighted by Gasteiger charge is -2.39. The number of esters is 2. The molecule has 0 aliphatic carbocycles. The molecule has 2 aliphatic rings. The summed E-state index contributed by atoms with van der Waals surface area (Å²) >= 11 is 1.42. The van der Waals surface area contributed by atoms with Gasteiger partial charge in [0.05, 0.1) is 5.57 Å². The molecule has 4 aromatic rings. The zero-order valence-corrected chi connectivity index (χ0v) is 23.9. The van der Waals surface area contributed by atoms with Gasteiger partial charge in [0.1, 0.15) is 22.7 Å². The number of carbonyl (C=O) groups excluding carboxylic acids is 3. The Labute approximate surface area is 245 Å². The van der Waals surface area contributed by atoms with Crippen molar-refractivity contribution in [3.8, 4) is 5.75 Å². The number of amides is 1. The number of hydrogen-bond donors (Lipinski definition) is 0. The van der Waals surface area contributed by atoms with E-state index in [0.717, 1.165) is 28.2 Å². The number of fused-ring (bicyclic) bond motifs is 2. The van der Waals surface area contributed by atoms with Gasteiger partial charge in [0.2, 0.25) is 0 Å². The lowest BCUT2D eigenvalue weighted by molar-refractivity contribution is -0.160. The van der Waals surface area contributed by atoms with Crippen LogP contribution in [0, 0.1) is 6.92 Å². The first-order valence-electron chi connectivity index (χ1n) is 13.4. The zero-order chi connectivity index (χ0) is 29.6. The summed E-state index contributed by atoms with van der Waals surface area (Å²) < 4.78 is 16.1. The lowest BCUT2D eigenvalue weighted by Crippen LogP contribution is -2.59. The predicted octanol–water partition coefficient (Wildman–Crippen LogP) is 5.33. The third-order valence-electron chi connectivity index (χ3n) is 7.43. The summed E-state index contributed by atoms with van der Waals surface area (Å²) in [5.74, 6) is -1.51. The van der Waals surface area contributed by atoms with Gasteiger partial charge in [-0.1, -0.05) is 60.7 Å². The molecule has 0 unspecified atom stereocenters. The molecular formula is C33H27NO7S. The van der Waals surface area contributed by atoms with Gasteiger partial charge in [0.15, 0.2) is 6.10 Å². The monoisotopic (exact) mass is 581 g/mol. The van der Waals surface area contributed by atoms with E-state index in [1.165, 1.54) is 28.8 Å². The highest BCUT2D eigenvalue weighted by molar-refractivity contribution is 8.01. The molecule has 2 aliphatic heterocycles. The largest absolute Gasteiger partial charge is 0.451 e. The summed E-state index contributed by atoms with van der Waals surface area (Å²) in [4.78, 5) is 53.0. The molecular weight excluding hydrogens is 554 g/mol. The van der Waals surface area contributed by atoms with Gasteiger partial charge in [0.25, 0.3) is 5.91 Å². The molecule has 1 amide bonds. The minimum Gasteiger partial charge on any atom is -0.451 e. The molecule has 0 spiro atoms. The molecule has 0 saturated carbocycles. The maximum absolute atomic E-state index is 13.7. The Morgan fingerprint density at radius 1 is 0.952 bits per heavy atom. The number of aryl methyl sites for hydroxylation is 1. The van der Waals surface area contributed by atoms with Gasteiger partial charge in [-0.05, 0) is 49.6 Å². The first kappa shape index (κ1) is 27.5. The van der Waals surface area contributed by atoms with Crippen LogP contribution in [0.3, 0.4) is 0 Å². The number of nitrogens with zero attached hydrogens (tertiary/aromatic N) is 1. The Hall–Kier alpha value is -4.63. The van der Waals surface area contributed by atoms with Gasteiger partial charge in [0, 0.05) is 28.3 Å². The molecule has 0 radical (unpaired) electrons. The van der Waals surface area contributed by atoms with E-state index in [9.17, 15) is 19.2 Å². The molecule has 1 aromatic heterocycles. The van der Waals surface area contributed by atoms with Gasteiger partial charge < -0.3 is 18.8 Å². The van der Waals surface area contributed by atoms with Gasteiger partial charge in [-0.3, -0.25) is 4.79 Å². The van der Waals surface area contributed by atoms with Crippen LogP contribution >= 0.6 is 11.8 Å². The van der Waals surface area contributed by atoms with Gasteiger partial charge in [-0.2, -0.15) is 0 Å². The van der Waals surface area contributed by atoms with E-state index < -0.39 is 45.7 Å². The van der Waals surface area contributed by atoms with E-state index in [2.05, 4.69) is 0 Å². The van der Waals surface area contributed by atoms with Crippen molar-refractivity contribution in [3.05, 3.63) is 124 Å². The number of rotatable bonds is 6. The molecule has 9 heteroatoms. The Bertz CT molecular complexity index is 1760. The second-order valence-electron chi connectivity index (χ2n) is 10.8. The average molecular weight is 582 g/mol. The van der Waals surface area contributed by atoms with Crippen molar-refractivity contribution in [2.45, 2.75) is 43.0 Å². The fourth-order valence-corrected chi connectivity index (χ4v) is 6.98. The third kappa shape index (κ3) is 5.00. The van der Waals surface area contributed by atoms with E-state index in [0.29, 0.717) is 5.58 Å². The van der Waals surface area contributed by atoms with Crippen LogP contribution in [0.15, 0.2) is 106 Å². The molecule has 2 atom stereocenters. The third-order valence-corrected chi connectivity index (χ3v) is 8.96. The van der Waals surface area contributed by atoms with Gasteiger partial charge in [-0.15, -0.1) is 11.8 Å². The second kappa shape index (κ2) is 10.6. The van der Waals surface area contributed by atoms with Crippen molar-refractivity contribution >= 4 is 40.6 Å². The number of ether oxygens (including phenoxy) is 2. The van der Waals surface area contributed by atoms with E-state index in [1.807, 2.05) is 74.5 Å². The Morgan fingerprint density at radius 2 is 1.60 bits per heavy atom. The molecule has 2 saturated heterocycles. The van der Waals surface area contributed by atoms with E-state index in [-0.39, 0.29) is 11.3 Å². The predicted molar refractivity (Wildman–Crippen MR) is 158 cm³/mol. The number of carbonyl (C=O) groups is 3. The number of hydrogen-bond acceptors (Lipinski definition) is 8. The minimum absolute atomic E-state index is 0.176. The van der Waals surface area contributed by atoms with Crippen molar-refractivity contribution in [2.24, 2.45) is 0 Å². The molecule has 6 rings (SSSR count). The summed E-state index contributed by atoms with van der Waals surface area (Å²) in [6, 6.07) is 24.2. The molecule has 3 aromatic carbocycles. The van der Waals surface area contributed by atoms with Gasteiger partial charge in [-0.25, -0.2) is 14.4 Å². The molecule has 0 N–H and O–H groups in total. The van der Waals surface area contributed by atoms with Crippen LogP contribution in [0.25, 0.3) is 11.0 Å². The normalized spacial score (nSPS) is 20.0. The minimum atomic E-state index is -0.852. The fourth-order valence-electron chi connectivity index (χ4n) is 5.44. The first-order chi connectivity index (χ1) is 20.1. The summed E-state index contributed by atoms with van der Waals surface area (Å²) in [7, 11) is 0. The standard InChI is InChI=1S/C33H27NO7S/c1-19-16-26(35)40-25-17-22(14-15-23(19)25)39-27(36)18-24-30(37)34-29(33(2,3)42-31(24)34)32(38)41-28(20-10-6-4-7-11-20)21-12-8-5-9-13-21/h4-18,28-29,31H,1-3H3/b24-18-/t29-,31+/m0/s1. The quantitative estimate of drug-likeness (QED) is 0.0990. The van der Waals surface area contributed by atoms with Crippen molar-refractivity contribution in [3.63, 3.8) is 0 Å². The van der Waals surface area contributed by atoms with E-state index in [1.54, 1.807) is 19.1 Å². The number of thioether (sulfide) groups is 1. The van der Waals surface area contributed by atoms with Gasteiger partial charge >= 0.3 is 17.6 Å². The molecule has 3 heterocycles. The van der Waals surface area contributed by atoms with E-state index >= 15 is 0 Å². The number of benzene rings is 3. The van der Waals surface area contributed by atoms with Crippen LogP contribution in [0.1, 0.15) is 36.6 Å². The lowest BCUT2D eigenvalue weighted by atomic mass is 9.95. The van der Waals surface area contributed by atoms with Crippen molar-refractivity contribution in [1.82, 2.24) is 4.90 Å². The molecule has 8 nitrogen and oxygen atoms in total. The first-order valence-corrected chi connectivity index (χ1v) is 14.3. The molecule has 0 bridgehead atoms. The molecule has 2 fully saturated rings. The Balaban J connectivity index is 1.20. The van der Waals surface area contributed by atoms with Crippen LogP contribution in [-0.4, -0.2) is 38.9 Å². The maximum Gasteiger partial charge on any atom is 0.336 e. The van der Waals surface area contributed by atoms with Crippen LogP contribution in [0.4, 0.5) is 0 Å². The van der Waals surface area contributed by atoms with Crippen molar-refractivity contribution < 1.29 is 28.3 Å². The summed E-state index contributed by atoms with van der Waals surface area (Å²) in [6.07, 6.45) is 0.518. The number of β-lactam (4-membered cyclic amide) rings is 1. The highest BCUT2D eigenvalue weighted by atomic mass is 32.2. The van der Waals surface area contributed by atoms with Crippen LogP contribution in [0.2, 0.25) is 0 Å². The van der Waals surface area contributed by atoms with Crippen molar-refractivity contribution in [2.75, 3.05) is 0 Å². The van der Waals surface area contributed by atoms with Crippen LogP contribution in [0.5, 0.6) is 5.75 Å². The summed E-state index contributed by atoms with van der Waals surface area (Å²) in [5.41, 5.74) is 2.42. The topological polar surface area (TPSA) is 103 Å². The molecule has 212 valence electrons. The van der Waals surface area contributed by atoms with Crippen molar-refractivity contribution in [1.29, 1.82) is 0 Å². The maximum atomic E-state index is 13.7. The van der Waals surface area contributed by atoms with Crippen LogP contribution in [-0.2, 0) is 19.1 Å². The summed E-state index contributed by atoms with van der Waals surface area (Å²) in [6.45, 7) is 5.56. The Kier molecular flexibility index (Phi) is 6.98. The van der Waals surface area contributed by atoms with Crippen LogP contribution < -0.4 is 10.4 Å². The smallest absolute Gasteiger partial charge is 0.336 e. The second-order valence-corrected chi connectivity index (χ2v) is 12.5. The van der Waals surface area contributed by atoms with E-state index in [4.69, 9.17) is 13.9 Å². The fraction of sp³-hybridized carbons (Fsp3) is 0.212. The highest BCUT2D eigenvalue weighted by Crippen LogP contribution is 2.53. The zero-order valence-electron chi connectivity index (χ0n) is 23.1. The Morgan fingerprint density at radius 3 is 2.24 bits per heavy atom. The summed E-state index contributed by atoms with van der Waals surface area (Å²) in [5, 5.41) is 0.226. The SMILES string of the molecule is Cc1cc(=O)oc2cc(OC(=O)/C=C3/C(=O)N4[C@@H]3SC(C)(C)[C@@H]4C(=O)OC(c3ccccc3)c3ccccc3)ccc12.